The molecule has 0 saturated heterocycles. The van der Waals surface area contributed by atoms with Crippen LogP contribution in [0.5, 0.6) is 0 Å². The van der Waals surface area contributed by atoms with E-state index in [9.17, 15) is 13.5 Å². The molecular weight excluding hydrogens is 286 g/mol. The Morgan fingerprint density at radius 3 is 2.48 bits per heavy atom. The Hall–Kier alpha value is -0.910. The normalized spacial score (nSPS) is 24.7. The molecule has 1 saturated carbocycles. The van der Waals surface area contributed by atoms with Crippen LogP contribution >= 0.6 is 0 Å². The van der Waals surface area contributed by atoms with Crippen LogP contribution in [0.15, 0.2) is 29.2 Å². The van der Waals surface area contributed by atoms with Crippen molar-refractivity contribution in [2.75, 3.05) is 6.61 Å². The molecule has 5 heteroatoms. The average molecular weight is 311 g/mol. The molecule has 3 atom stereocenters. The van der Waals surface area contributed by atoms with E-state index >= 15 is 0 Å². The van der Waals surface area contributed by atoms with Crippen molar-refractivity contribution < 1.29 is 13.5 Å². The van der Waals surface area contributed by atoms with Gasteiger partial charge in [-0.3, -0.25) is 0 Å². The third-order valence-electron chi connectivity index (χ3n) is 4.22. The molecule has 0 aromatic heterocycles. The van der Waals surface area contributed by atoms with Gasteiger partial charge in [0.05, 0.1) is 16.8 Å². The lowest BCUT2D eigenvalue weighted by molar-refractivity contribution is 0.228. The maximum Gasteiger partial charge on any atom is 0.182 e. The fourth-order valence-electron chi connectivity index (χ4n) is 2.98. The topological polar surface area (TPSA) is 66.4 Å². The van der Waals surface area contributed by atoms with Gasteiger partial charge in [0.1, 0.15) is 0 Å². The predicted octanol–water partition coefficient (Wildman–Crippen LogP) is 2.05. The first-order valence-corrected chi connectivity index (χ1v) is 9.17. The third-order valence-corrected chi connectivity index (χ3v) is 6.51. The van der Waals surface area contributed by atoms with E-state index in [0.717, 1.165) is 24.8 Å². The van der Waals surface area contributed by atoms with Crippen LogP contribution in [0.2, 0.25) is 0 Å². The van der Waals surface area contributed by atoms with Crippen molar-refractivity contribution in [3.8, 4) is 0 Å². The van der Waals surface area contributed by atoms with Crippen LogP contribution in [0.1, 0.15) is 38.2 Å². The molecule has 1 aromatic carbocycles. The second kappa shape index (κ2) is 6.90. The predicted molar refractivity (Wildman–Crippen MR) is 84.1 cm³/mol. The van der Waals surface area contributed by atoms with Crippen LogP contribution in [-0.2, 0) is 9.84 Å². The molecule has 0 spiro atoms. The van der Waals surface area contributed by atoms with E-state index in [2.05, 4.69) is 5.32 Å². The largest absolute Gasteiger partial charge is 0.395 e. The summed E-state index contributed by atoms with van der Waals surface area (Å²) in [4.78, 5) is 0.406. The van der Waals surface area contributed by atoms with Crippen LogP contribution in [0, 0.1) is 6.92 Å². The Labute approximate surface area is 127 Å². The van der Waals surface area contributed by atoms with Crippen molar-refractivity contribution in [1.82, 2.24) is 5.32 Å². The number of benzene rings is 1. The highest BCUT2D eigenvalue weighted by Gasteiger charge is 2.36. The molecule has 1 aliphatic carbocycles. The van der Waals surface area contributed by atoms with E-state index in [4.69, 9.17) is 0 Å². The number of rotatable bonds is 5. The maximum absolute atomic E-state index is 12.9. The standard InChI is InChI=1S/C16H25NO3S/c1-12-7-9-14(10-8-12)21(19,20)16-6-4-3-5-15(16)17-13(2)11-18/h7-10,13,15-18H,3-6,11H2,1-2H3/t13-,15+,16-/m1/s1. The van der Waals surface area contributed by atoms with Crippen molar-refractivity contribution in [2.45, 2.75) is 61.8 Å². The Balaban J connectivity index is 2.25. The van der Waals surface area contributed by atoms with Crippen molar-refractivity contribution in [3.63, 3.8) is 0 Å². The molecule has 1 fully saturated rings. The highest BCUT2D eigenvalue weighted by atomic mass is 32.2. The summed E-state index contributed by atoms with van der Waals surface area (Å²) in [6, 6.07) is 6.93. The fraction of sp³-hybridized carbons (Fsp3) is 0.625. The molecule has 0 amide bonds. The molecule has 1 aromatic rings. The number of aryl methyl sites for hydroxylation is 1. The van der Waals surface area contributed by atoms with E-state index in [0.29, 0.717) is 11.3 Å². The Bertz CT molecular complexity index is 553. The minimum atomic E-state index is -3.33. The zero-order chi connectivity index (χ0) is 15.5. The number of hydrogen-bond donors (Lipinski definition) is 2. The first kappa shape index (κ1) is 16.5. The molecule has 1 aliphatic rings. The van der Waals surface area contributed by atoms with Crippen molar-refractivity contribution >= 4 is 9.84 Å². The van der Waals surface area contributed by atoms with Gasteiger partial charge in [0.25, 0.3) is 0 Å². The zero-order valence-electron chi connectivity index (χ0n) is 12.7. The van der Waals surface area contributed by atoms with Gasteiger partial charge in [-0.15, -0.1) is 0 Å². The van der Waals surface area contributed by atoms with Crippen molar-refractivity contribution in [2.24, 2.45) is 0 Å². The molecule has 2 rings (SSSR count). The summed E-state index contributed by atoms with van der Waals surface area (Å²) < 4.78 is 25.8. The summed E-state index contributed by atoms with van der Waals surface area (Å²) in [7, 11) is -3.33. The first-order valence-electron chi connectivity index (χ1n) is 7.62. The van der Waals surface area contributed by atoms with Gasteiger partial charge in [-0.25, -0.2) is 8.42 Å². The molecule has 0 aliphatic heterocycles. The third kappa shape index (κ3) is 3.84. The lowest BCUT2D eigenvalue weighted by Crippen LogP contribution is -2.50. The summed E-state index contributed by atoms with van der Waals surface area (Å²) in [5.41, 5.74) is 1.06. The van der Waals surface area contributed by atoms with Gasteiger partial charge in [0.15, 0.2) is 9.84 Å². The molecule has 0 bridgehead atoms. The molecular formula is C16H25NO3S. The Kier molecular flexibility index (Phi) is 5.41. The molecule has 118 valence electrons. The van der Waals surface area contributed by atoms with Crippen molar-refractivity contribution in [3.05, 3.63) is 29.8 Å². The smallest absolute Gasteiger partial charge is 0.182 e. The van der Waals surface area contributed by atoms with Gasteiger partial charge in [0.2, 0.25) is 0 Å². The SMILES string of the molecule is Cc1ccc(S(=O)(=O)[C@@H]2CCCC[C@@H]2N[C@H](C)CO)cc1. The molecule has 0 radical (unpaired) electrons. The number of aliphatic hydroxyl groups is 1. The highest BCUT2D eigenvalue weighted by Crippen LogP contribution is 2.29. The van der Waals surface area contributed by atoms with Gasteiger partial charge in [-0.1, -0.05) is 30.5 Å². The number of nitrogens with one attached hydrogen (secondary N) is 1. The maximum atomic E-state index is 12.9. The van der Waals surface area contributed by atoms with Crippen LogP contribution < -0.4 is 5.32 Å². The number of sulfone groups is 1. The second-order valence-corrected chi connectivity index (χ2v) is 8.20. The monoisotopic (exact) mass is 311 g/mol. The number of hydrogen-bond acceptors (Lipinski definition) is 4. The molecule has 0 unspecified atom stereocenters. The van der Waals surface area contributed by atoms with Gasteiger partial charge in [-0.05, 0) is 38.8 Å². The summed E-state index contributed by atoms with van der Waals surface area (Å²) in [6.45, 7) is 3.85. The van der Waals surface area contributed by atoms with Crippen molar-refractivity contribution in [1.29, 1.82) is 0 Å². The molecule has 4 nitrogen and oxygen atoms in total. The fourth-order valence-corrected chi connectivity index (χ4v) is 4.97. The molecule has 0 heterocycles. The van der Waals surface area contributed by atoms with Gasteiger partial charge < -0.3 is 10.4 Å². The summed E-state index contributed by atoms with van der Waals surface area (Å²) in [5, 5.41) is 12.1. The number of aliphatic hydroxyl groups excluding tert-OH is 1. The lowest BCUT2D eigenvalue weighted by Gasteiger charge is -2.33. The van der Waals surface area contributed by atoms with Crippen LogP contribution in [0.25, 0.3) is 0 Å². The van der Waals surface area contributed by atoms with E-state index in [1.165, 1.54) is 0 Å². The van der Waals surface area contributed by atoms with Crippen LogP contribution in [-0.4, -0.2) is 37.5 Å². The van der Waals surface area contributed by atoms with E-state index in [-0.39, 0.29) is 18.7 Å². The second-order valence-electron chi connectivity index (χ2n) is 6.04. The van der Waals surface area contributed by atoms with E-state index < -0.39 is 15.1 Å². The minimum absolute atomic E-state index is 0.0216. The zero-order valence-corrected chi connectivity index (χ0v) is 13.6. The van der Waals surface area contributed by atoms with Gasteiger partial charge in [-0.2, -0.15) is 0 Å². The highest BCUT2D eigenvalue weighted by molar-refractivity contribution is 7.92. The van der Waals surface area contributed by atoms with E-state index in [1.807, 2.05) is 26.0 Å². The Morgan fingerprint density at radius 1 is 1.24 bits per heavy atom. The van der Waals surface area contributed by atoms with Crippen LogP contribution in [0.3, 0.4) is 0 Å². The first-order chi connectivity index (χ1) is 9.95. The average Bonchev–Trinajstić information content (AvgIpc) is 2.48. The lowest BCUT2D eigenvalue weighted by atomic mass is 9.94. The summed E-state index contributed by atoms with van der Waals surface area (Å²) in [5.74, 6) is 0. The summed E-state index contributed by atoms with van der Waals surface area (Å²) in [6.07, 6.45) is 3.52. The minimum Gasteiger partial charge on any atom is -0.395 e. The molecule has 21 heavy (non-hydrogen) atoms. The van der Waals surface area contributed by atoms with Crippen LogP contribution in [0.4, 0.5) is 0 Å². The molecule has 2 N–H and O–H groups in total. The van der Waals surface area contributed by atoms with Gasteiger partial charge >= 0.3 is 0 Å². The quantitative estimate of drug-likeness (QED) is 0.873. The Morgan fingerprint density at radius 2 is 1.86 bits per heavy atom. The summed E-state index contributed by atoms with van der Waals surface area (Å²) >= 11 is 0. The van der Waals surface area contributed by atoms with Gasteiger partial charge in [0, 0.05) is 12.1 Å². The van der Waals surface area contributed by atoms with E-state index in [1.54, 1.807) is 12.1 Å².